The van der Waals surface area contributed by atoms with E-state index in [0.29, 0.717) is 23.0 Å². The van der Waals surface area contributed by atoms with Crippen LogP contribution >= 0.6 is 0 Å². The molecule has 6 heteroatoms. The van der Waals surface area contributed by atoms with Crippen LogP contribution in [-0.2, 0) is 16.1 Å². The molecule has 2 aromatic heterocycles. The fourth-order valence-corrected chi connectivity index (χ4v) is 2.80. The molecule has 0 saturated carbocycles. The van der Waals surface area contributed by atoms with Crippen LogP contribution in [0.2, 0.25) is 0 Å². The number of hydrogen-bond donors (Lipinski definition) is 0. The molecule has 0 N–H and O–H groups in total. The van der Waals surface area contributed by atoms with Crippen molar-refractivity contribution < 1.29 is 14.3 Å². The molecular weight excluding hydrogens is 356 g/mol. The highest BCUT2D eigenvalue weighted by Gasteiger charge is 2.10. The number of esters is 1. The summed E-state index contributed by atoms with van der Waals surface area (Å²) in [6.45, 7) is 7.76. The number of carbonyl (C=O) groups excluding carboxylic acids is 1. The van der Waals surface area contributed by atoms with Gasteiger partial charge in [-0.2, -0.15) is 0 Å². The molecule has 0 bridgehead atoms. The molecule has 0 aliphatic carbocycles. The Morgan fingerprint density at radius 3 is 2.68 bits per heavy atom. The van der Waals surface area contributed by atoms with Crippen LogP contribution in [0.5, 0.6) is 5.75 Å². The van der Waals surface area contributed by atoms with Crippen molar-refractivity contribution in [2.24, 2.45) is 0 Å². The summed E-state index contributed by atoms with van der Waals surface area (Å²) in [5, 5.41) is 0. The van der Waals surface area contributed by atoms with Crippen molar-refractivity contribution in [2.45, 2.75) is 40.2 Å². The lowest BCUT2D eigenvalue weighted by Crippen LogP contribution is -2.19. The molecular formula is C22H24N2O4. The van der Waals surface area contributed by atoms with E-state index in [1.165, 1.54) is 10.5 Å². The zero-order valence-electron chi connectivity index (χ0n) is 16.6. The van der Waals surface area contributed by atoms with Gasteiger partial charge in [-0.1, -0.05) is 32.0 Å². The maximum Gasteiger partial charge on any atom is 0.344 e. The monoisotopic (exact) mass is 380 g/mol. The predicted molar refractivity (Wildman–Crippen MR) is 107 cm³/mol. The first-order chi connectivity index (χ1) is 13.3. The largest absolute Gasteiger partial charge is 0.482 e. The summed E-state index contributed by atoms with van der Waals surface area (Å²) in [5.41, 5.74) is 3.77. The fraction of sp³-hybridized carbons (Fsp3) is 0.318. The Morgan fingerprint density at radius 1 is 1.14 bits per heavy atom. The van der Waals surface area contributed by atoms with E-state index in [0.717, 1.165) is 16.7 Å². The molecule has 146 valence electrons. The van der Waals surface area contributed by atoms with Crippen LogP contribution in [-0.4, -0.2) is 22.0 Å². The van der Waals surface area contributed by atoms with Gasteiger partial charge in [0.25, 0.3) is 5.56 Å². The second kappa shape index (κ2) is 8.25. The second-order valence-corrected chi connectivity index (χ2v) is 7.15. The number of ether oxygens (including phenoxy) is 2. The Bertz CT molecular complexity index is 1070. The molecule has 0 amide bonds. The molecule has 0 spiro atoms. The highest BCUT2D eigenvalue weighted by molar-refractivity contribution is 5.71. The van der Waals surface area contributed by atoms with Gasteiger partial charge < -0.3 is 9.47 Å². The van der Waals surface area contributed by atoms with Crippen molar-refractivity contribution in [3.63, 3.8) is 0 Å². The number of benzene rings is 1. The molecule has 3 aromatic rings. The number of fused-ring (bicyclic) bond motifs is 1. The third kappa shape index (κ3) is 4.57. The van der Waals surface area contributed by atoms with Gasteiger partial charge in [0.05, 0.1) is 5.69 Å². The number of nitrogens with zero attached hydrogens (tertiary/aromatic N) is 2. The lowest BCUT2D eigenvalue weighted by Gasteiger charge is -2.12. The number of rotatable bonds is 6. The summed E-state index contributed by atoms with van der Waals surface area (Å²) in [6.07, 6.45) is 1.72. The van der Waals surface area contributed by atoms with E-state index in [-0.39, 0.29) is 18.8 Å². The quantitative estimate of drug-likeness (QED) is 0.612. The molecule has 0 aliphatic heterocycles. The van der Waals surface area contributed by atoms with Gasteiger partial charge in [-0.25, -0.2) is 9.78 Å². The van der Waals surface area contributed by atoms with Crippen molar-refractivity contribution in [3.05, 3.63) is 75.3 Å². The first-order valence-corrected chi connectivity index (χ1v) is 9.21. The van der Waals surface area contributed by atoms with E-state index in [4.69, 9.17) is 9.47 Å². The molecule has 6 nitrogen and oxygen atoms in total. The van der Waals surface area contributed by atoms with E-state index in [1.807, 2.05) is 32.0 Å². The number of hydrogen-bond acceptors (Lipinski definition) is 5. The molecule has 28 heavy (non-hydrogen) atoms. The summed E-state index contributed by atoms with van der Waals surface area (Å²) in [7, 11) is 0. The third-order valence-corrected chi connectivity index (χ3v) is 4.47. The normalized spacial score (nSPS) is 11.0. The second-order valence-electron chi connectivity index (χ2n) is 7.15. The zero-order chi connectivity index (χ0) is 20.3. The molecule has 3 rings (SSSR count). The molecule has 0 fully saturated rings. The van der Waals surface area contributed by atoms with Crippen LogP contribution in [0.4, 0.5) is 0 Å². The maximum absolute atomic E-state index is 12.2. The highest BCUT2D eigenvalue weighted by Crippen LogP contribution is 2.24. The summed E-state index contributed by atoms with van der Waals surface area (Å²) in [5.74, 6) is 0.526. The Kier molecular flexibility index (Phi) is 5.78. The standard InChI is InChI=1S/C22H24N2O4/c1-14(2)17-7-6-16(4)19(9-17)27-13-22(26)28-12-18-10-21(25)24-11-15(3)5-8-20(24)23-18/h5-11,14H,12-13H2,1-4H3. The number of aromatic nitrogens is 2. The van der Waals surface area contributed by atoms with E-state index in [1.54, 1.807) is 12.3 Å². The molecule has 0 aliphatic rings. The van der Waals surface area contributed by atoms with Crippen LogP contribution in [0, 0.1) is 13.8 Å². The summed E-state index contributed by atoms with van der Waals surface area (Å²) in [4.78, 5) is 28.6. The van der Waals surface area contributed by atoms with Gasteiger partial charge in [0.15, 0.2) is 6.61 Å². The van der Waals surface area contributed by atoms with Gasteiger partial charge in [0, 0.05) is 12.3 Å². The Morgan fingerprint density at radius 2 is 1.93 bits per heavy atom. The van der Waals surface area contributed by atoms with Gasteiger partial charge in [0.1, 0.15) is 18.0 Å². The lowest BCUT2D eigenvalue weighted by atomic mass is 10.0. The van der Waals surface area contributed by atoms with E-state index >= 15 is 0 Å². The first-order valence-electron chi connectivity index (χ1n) is 9.21. The zero-order valence-corrected chi connectivity index (χ0v) is 16.6. The highest BCUT2D eigenvalue weighted by atomic mass is 16.6. The Labute approximate surface area is 163 Å². The van der Waals surface area contributed by atoms with Crippen LogP contribution in [0.15, 0.2) is 47.4 Å². The summed E-state index contributed by atoms with van der Waals surface area (Å²) >= 11 is 0. The summed E-state index contributed by atoms with van der Waals surface area (Å²) < 4.78 is 12.3. The smallest absolute Gasteiger partial charge is 0.344 e. The summed E-state index contributed by atoms with van der Waals surface area (Å²) in [6, 6.07) is 11.0. The van der Waals surface area contributed by atoms with E-state index < -0.39 is 5.97 Å². The molecule has 0 radical (unpaired) electrons. The van der Waals surface area contributed by atoms with Crippen LogP contribution in [0.1, 0.15) is 42.1 Å². The maximum atomic E-state index is 12.2. The minimum atomic E-state index is -0.514. The van der Waals surface area contributed by atoms with Crippen molar-refractivity contribution in [1.82, 2.24) is 9.38 Å². The van der Waals surface area contributed by atoms with Crippen molar-refractivity contribution in [2.75, 3.05) is 6.61 Å². The van der Waals surface area contributed by atoms with Crippen molar-refractivity contribution in [3.8, 4) is 5.75 Å². The topological polar surface area (TPSA) is 69.9 Å². The van der Waals surface area contributed by atoms with Gasteiger partial charge in [-0.3, -0.25) is 9.20 Å². The average Bonchev–Trinajstić information content (AvgIpc) is 2.66. The third-order valence-electron chi connectivity index (χ3n) is 4.47. The molecule has 0 unspecified atom stereocenters. The number of aryl methyl sites for hydroxylation is 2. The Balaban J connectivity index is 1.62. The molecule has 1 aromatic carbocycles. The minimum Gasteiger partial charge on any atom is -0.482 e. The van der Waals surface area contributed by atoms with Crippen molar-refractivity contribution >= 4 is 11.6 Å². The van der Waals surface area contributed by atoms with Crippen molar-refractivity contribution in [1.29, 1.82) is 0 Å². The van der Waals surface area contributed by atoms with E-state index in [9.17, 15) is 9.59 Å². The van der Waals surface area contributed by atoms with Gasteiger partial charge in [0.2, 0.25) is 0 Å². The van der Waals surface area contributed by atoms with Gasteiger partial charge >= 0.3 is 5.97 Å². The van der Waals surface area contributed by atoms with Gasteiger partial charge in [-0.05, 0) is 48.6 Å². The minimum absolute atomic E-state index is 0.0766. The molecule has 0 saturated heterocycles. The molecule has 2 heterocycles. The van der Waals surface area contributed by atoms with E-state index in [2.05, 4.69) is 24.9 Å². The lowest BCUT2D eigenvalue weighted by molar-refractivity contribution is -0.147. The van der Waals surface area contributed by atoms with Crippen LogP contribution in [0.25, 0.3) is 5.65 Å². The van der Waals surface area contributed by atoms with Gasteiger partial charge in [-0.15, -0.1) is 0 Å². The average molecular weight is 380 g/mol. The SMILES string of the molecule is Cc1ccc2nc(COC(=O)COc3cc(C(C)C)ccc3C)cc(=O)n2c1. The first kappa shape index (κ1) is 19.6. The number of carbonyl (C=O) groups is 1. The number of pyridine rings is 1. The Hall–Kier alpha value is -3.15. The molecule has 0 atom stereocenters. The fourth-order valence-electron chi connectivity index (χ4n) is 2.80. The predicted octanol–water partition coefficient (Wildman–Crippen LogP) is 3.56. The van der Waals surface area contributed by atoms with Crippen LogP contribution < -0.4 is 10.3 Å². The van der Waals surface area contributed by atoms with Crippen LogP contribution in [0.3, 0.4) is 0 Å².